The molecule has 86 valence electrons. The first-order valence-electron chi connectivity index (χ1n) is 5.40. The number of carbonyl (C=O) groups is 1. The van der Waals surface area contributed by atoms with Gasteiger partial charge in [-0.3, -0.25) is 4.79 Å². The molecule has 1 aliphatic rings. The molecule has 5 heteroatoms. The van der Waals surface area contributed by atoms with Gasteiger partial charge < -0.3 is 10.5 Å². The minimum atomic E-state index is -0.134. The highest BCUT2D eigenvalue weighted by molar-refractivity contribution is 8.00. The molecule has 0 bridgehead atoms. The number of hydrogen-bond donors (Lipinski definition) is 1. The number of nitrogens with one attached hydrogen (secondary N) is 1. The molecule has 1 atom stereocenters. The van der Waals surface area contributed by atoms with Gasteiger partial charge in [0.2, 0.25) is 5.91 Å². The number of carbonyl (C=O) groups excluding carboxylic acids is 1. The van der Waals surface area contributed by atoms with Crippen molar-refractivity contribution in [1.82, 2.24) is 5.32 Å². The lowest BCUT2D eigenvalue weighted by Crippen LogP contribution is -2.33. The van der Waals surface area contributed by atoms with E-state index in [2.05, 4.69) is 5.32 Å². The van der Waals surface area contributed by atoms with Crippen LogP contribution >= 0.6 is 11.8 Å². The standard InChI is InChI=1S/C11H14N2O2S/c14-11-9(5-1-3-7-12-11)16-10-6-2-4-8-13(10)15/h2,4,6,8-9H,1,3,5,7H2,(H,12,14)/t9-/m0/s1. The molecule has 1 saturated heterocycles. The largest absolute Gasteiger partial charge is 0.618 e. The van der Waals surface area contributed by atoms with E-state index < -0.39 is 0 Å². The second-order valence-corrected chi connectivity index (χ2v) is 4.98. The minimum Gasteiger partial charge on any atom is -0.618 e. The third kappa shape index (κ3) is 2.66. The third-order valence-corrected chi connectivity index (χ3v) is 3.83. The van der Waals surface area contributed by atoms with Crippen LogP contribution in [0.15, 0.2) is 29.4 Å². The van der Waals surface area contributed by atoms with Gasteiger partial charge in [-0.15, -0.1) is 0 Å². The summed E-state index contributed by atoms with van der Waals surface area (Å²) < 4.78 is 0.808. The topological polar surface area (TPSA) is 56.0 Å². The lowest BCUT2D eigenvalue weighted by atomic mass is 10.2. The van der Waals surface area contributed by atoms with Crippen LogP contribution in [0.1, 0.15) is 19.3 Å². The van der Waals surface area contributed by atoms with E-state index in [1.807, 2.05) is 6.07 Å². The van der Waals surface area contributed by atoms with Gasteiger partial charge in [0, 0.05) is 18.7 Å². The van der Waals surface area contributed by atoms with Gasteiger partial charge in [0.15, 0.2) is 6.20 Å². The Kier molecular flexibility index (Phi) is 3.66. The fourth-order valence-corrected chi connectivity index (χ4v) is 2.76. The van der Waals surface area contributed by atoms with E-state index in [0.29, 0.717) is 5.03 Å². The second-order valence-electron chi connectivity index (χ2n) is 3.76. The SMILES string of the molecule is O=C1NCCCC[C@@H]1Sc1cccc[n+]1[O-]. The Hall–Kier alpha value is -1.23. The van der Waals surface area contributed by atoms with E-state index in [1.54, 1.807) is 12.1 Å². The summed E-state index contributed by atoms with van der Waals surface area (Å²) in [5.41, 5.74) is 0. The summed E-state index contributed by atoms with van der Waals surface area (Å²) >= 11 is 1.35. The van der Waals surface area contributed by atoms with E-state index in [0.717, 1.165) is 30.5 Å². The molecule has 0 aliphatic carbocycles. The lowest BCUT2D eigenvalue weighted by molar-refractivity contribution is -0.645. The molecule has 1 aliphatic heterocycles. The Morgan fingerprint density at radius 2 is 2.31 bits per heavy atom. The van der Waals surface area contributed by atoms with Crippen LogP contribution < -0.4 is 10.0 Å². The maximum atomic E-state index is 11.7. The van der Waals surface area contributed by atoms with Crippen LogP contribution in [0, 0.1) is 5.21 Å². The van der Waals surface area contributed by atoms with Crippen LogP contribution in [0.25, 0.3) is 0 Å². The summed E-state index contributed by atoms with van der Waals surface area (Å²) in [6, 6.07) is 5.24. The zero-order valence-corrected chi connectivity index (χ0v) is 9.70. The monoisotopic (exact) mass is 238 g/mol. The van der Waals surface area contributed by atoms with Crippen LogP contribution in [0.2, 0.25) is 0 Å². The summed E-state index contributed by atoms with van der Waals surface area (Å²) in [6.07, 6.45) is 4.35. The zero-order valence-electron chi connectivity index (χ0n) is 8.89. The highest BCUT2D eigenvalue weighted by atomic mass is 32.2. The maximum Gasteiger partial charge on any atom is 0.252 e. The van der Waals surface area contributed by atoms with Crippen molar-refractivity contribution in [3.05, 3.63) is 29.6 Å². The fourth-order valence-electron chi connectivity index (χ4n) is 1.67. The predicted octanol–water partition coefficient (Wildman–Crippen LogP) is 1.08. The Morgan fingerprint density at radius 3 is 3.12 bits per heavy atom. The Balaban J connectivity index is 2.08. The first kappa shape index (κ1) is 11.3. The van der Waals surface area contributed by atoms with E-state index in [9.17, 15) is 10.0 Å². The molecule has 2 heterocycles. The van der Waals surface area contributed by atoms with Gasteiger partial charge in [0.25, 0.3) is 5.03 Å². The highest BCUT2D eigenvalue weighted by Gasteiger charge is 2.24. The summed E-state index contributed by atoms with van der Waals surface area (Å²) in [7, 11) is 0. The Labute approximate surface area is 98.6 Å². The number of pyridine rings is 1. The van der Waals surface area contributed by atoms with Crippen molar-refractivity contribution in [3.8, 4) is 0 Å². The van der Waals surface area contributed by atoms with Crippen molar-refractivity contribution < 1.29 is 9.52 Å². The fraction of sp³-hybridized carbons (Fsp3) is 0.455. The molecule has 4 nitrogen and oxygen atoms in total. The van der Waals surface area contributed by atoms with Gasteiger partial charge in [-0.1, -0.05) is 6.42 Å². The molecule has 1 aromatic heterocycles. The third-order valence-electron chi connectivity index (χ3n) is 2.54. The first-order valence-corrected chi connectivity index (χ1v) is 6.28. The van der Waals surface area contributed by atoms with Crippen LogP contribution in [-0.2, 0) is 4.79 Å². The van der Waals surface area contributed by atoms with E-state index in [4.69, 9.17) is 0 Å². The molecule has 0 saturated carbocycles. The van der Waals surface area contributed by atoms with Crippen molar-refractivity contribution in [2.24, 2.45) is 0 Å². The summed E-state index contributed by atoms with van der Waals surface area (Å²) in [6.45, 7) is 0.752. The average Bonchev–Trinajstić information content (AvgIpc) is 2.48. The number of hydrogen-bond acceptors (Lipinski definition) is 3. The normalized spacial score (nSPS) is 21.2. The summed E-state index contributed by atoms with van der Waals surface area (Å²) in [5, 5.41) is 14.8. The van der Waals surface area contributed by atoms with E-state index in [1.165, 1.54) is 18.0 Å². The second kappa shape index (κ2) is 5.21. The number of amides is 1. The quantitative estimate of drug-likeness (QED) is 0.619. The van der Waals surface area contributed by atoms with Crippen molar-refractivity contribution >= 4 is 17.7 Å². The van der Waals surface area contributed by atoms with Crippen molar-refractivity contribution in [3.63, 3.8) is 0 Å². The van der Waals surface area contributed by atoms with Gasteiger partial charge in [-0.25, -0.2) is 0 Å². The van der Waals surface area contributed by atoms with E-state index in [-0.39, 0.29) is 11.2 Å². The maximum absolute atomic E-state index is 11.7. The molecule has 16 heavy (non-hydrogen) atoms. The highest BCUT2D eigenvalue weighted by Crippen LogP contribution is 2.25. The molecule has 1 amide bonds. The average molecular weight is 238 g/mol. The molecule has 0 aromatic carbocycles. The Bertz CT molecular complexity index is 384. The van der Waals surface area contributed by atoms with Gasteiger partial charge in [0.1, 0.15) is 0 Å². The van der Waals surface area contributed by atoms with Gasteiger partial charge in [0.05, 0.1) is 5.25 Å². The van der Waals surface area contributed by atoms with Crippen molar-refractivity contribution in [2.45, 2.75) is 29.5 Å². The smallest absolute Gasteiger partial charge is 0.252 e. The molecule has 0 spiro atoms. The van der Waals surface area contributed by atoms with Gasteiger partial charge in [-0.05, 0) is 30.7 Å². The predicted molar refractivity (Wildman–Crippen MR) is 61.9 cm³/mol. The molecule has 1 N–H and O–H groups in total. The minimum absolute atomic E-state index is 0.0475. The van der Waals surface area contributed by atoms with Crippen molar-refractivity contribution in [1.29, 1.82) is 0 Å². The molecule has 1 fully saturated rings. The van der Waals surface area contributed by atoms with Crippen molar-refractivity contribution in [2.75, 3.05) is 6.54 Å². The van der Waals surface area contributed by atoms with Crippen LogP contribution in [0.3, 0.4) is 0 Å². The van der Waals surface area contributed by atoms with Crippen LogP contribution in [0.4, 0.5) is 0 Å². The summed E-state index contributed by atoms with van der Waals surface area (Å²) in [4.78, 5) is 11.7. The van der Waals surface area contributed by atoms with Gasteiger partial charge in [-0.2, -0.15) is 4.73 Å². The summed E-state index contributed by atoms with van der Waals surface area (Å²) in [5.74, 6) is 0.0475. The molecular weight excluding hydrogens is 224 g/mol. The molecule has 1 aromatic rings. The lowest BCUT2D eigenvalue weighted by Gasteiger charge is -2.11. The Morgan fingerprint density at radius 1 is 1.44 bits per heavy atom. The first-order chi connectivity index (χ1) is 7.77. The number of thioether (sulfide) groups is 1. The number of aromatic nitrogens is 1. The molecule has 2 rings (SSSR count). The van der Waals surface area contributed by atoms with E-state index >= 15 is 0 Å². The molecular formula is C11H14N2O2S. The van der Waals surface area contributed by atoms with Crippen LogP contribution in [-0.4, -0.2) is 17.7 Å². The zero-order chi connectivity index (χ0) is 11.4. The van der Waals surface area contributed by atoms with Crippen LogP contribution in [0.5, 0.6) is 0 Å². The van der Waals surface area contributed by atoms with Gasteiger partial charge >= 0.3 is 0 Å². The number of nitrogens with zero attached hydrogens (tertiary/aromatic N) is 1. The molecule has 0 radical (unpaired) electrons. The number of rotatable bonds is 2. The molecule has 0 unspecified atom stereocenters.